The Kier molecular flexibility index (Phi) is 2.68. The highest BCUT2D eigenvalue weighted by Gasteiger charge is 2.18. The Balaban J connectivity index is 2.25. The van der Waals surface area contributed by atoms with Gasteiger partial charge in [-0.25, -0.2) is 4.98 Å². The van der Waals surface area contributed by atoms with E-state index in [0.717, 1.165) is 18.1 Å². The molecule has 2 heterocycles. The standard InChI is InChI=1S/C11H17N3/c1-8-9(10-4-3-7-13-10)5-6-11(12-2)14-8/h5-6,10,13H,3-4,7H2,1-2H3,(H,12,14). The number of anilines is 1. The Labute approximate surface area is 84.9 Å². The highest BCUT2D eigenvalue weighted by Crippen LogP contribution is 2.25. The van der Waals surface area contributed by atoms with Gasteiger partial charge in [0, 0.05) is 18.8 Å². The second-order valence-electron chi connectivity index (χ2n) is 3.77. The van der Waals surface area contributed by atoms with Crippen LogP contribution in [0.2, 0.25) is 0 Å². The quantitative estimate of drug-likeness (QED) is 0.749. The van der Waals surface area contributed by atoms with Gasteiger partial charge in [-0.15, -0.1) is 0 Å². The number of aromatic nitrogens is 1. The minimum atomic E-state index is 0.522. The molecule has 0 amide bonds. The Morgan fingerprint density at radius 3 is 2.93 bits per heavy atom. The minimum Gasteiger partial charge on any atom is -0.373 e. The van der Waals surface area contributed by atoms with Crippen LogP contribution < -0.4 is 10.6 Å². The van der Waals surface area contributed by atoms with Crippen molar-refractivity contribution in [2.24, 2.45) is 0 Å². The van der Waals surface area contributed by atoms with Gasteiger partial charge in [0.15, 0.2) is 0 Å². The number of nitrogens with zero attached hydrogens (tertiary/aromatic N) is 1. The lowest BCUT2D eigenvalue weighted by molar-refractivity contribution is 0.640. The molecule has 0 saturated carbocycles. The van der Waals surface area contributed by atoms with E-state index < -0.39 is 0 Å². The summed E-state index contributed by atoms with van der Waals surface area (Å²) in [5, 5.41) is 6.54. The molecule has 1 aliphatic heterocycles. The van der Waals surface area contributed by atoms with Crippen molar-refractivity contribution >= 4 is 5.82 Å². The van der Waals surface area contributed by atoms with E-state index in [0.29, 0.717) is 6.04 Å². The van der Waals surface area contributed by atoms with E-state index in [1.165, 1.54) is 18.4 Å². The van der Waals surface area contributed by atoms with E-state index in [1.807, 2.05) is 13.1 Å². The van der Waals surface area contributed by atoms with E-state index in [2.05, 4.69) is 28.6 Å². The molecule has 1 fully saturated rings. The second kappa shape index (κ2) is 3.96. The molecule has 2 rings (SSSR count). The molecular formula is C11H17N3. The molecule has 0 radical (unpaired) electrons. The summed E-state index contributed by atoms with van der Waals surface area (Å²) < 4.78 is 0. The lowest BCUT2D eigenvalue weighted by Gasteiger charge is -2.13. The van der Waals surface area contributed by atoms with Gasteiger partial charge < -0.3 is 10.6 Å². The van der Waals surface area contributed by atoms with Crippen molar-refractivity contribution < 1.29 is 0 Å². The van der Waals surface area contributed by atoms with Gasteiger partial charge in [-0.1, -0.05) is 6.07 Å². The lowest BCUT2D eigenvalue weighted by atomic mass is 10.0. The summed E-state index contributed by atoms with van der Waals surface area (Å²) in [6.07, 6.45) is 2.51. The fourth-order valence-electron chi connectivity index (χ4n) is 2.03. The molecule has 1 unspecified atom stereocenters. The number of hydrogen-bond acceptors (Lipinski definition) is 3. The predicted molar refractivity (Wildman–Crippen MR) is 58.5 cm³/mol. The number of pyridine rings is 1. The molecule has 1 saturated heterocycles. The Morgan fingerprint density at radius 1 is 1.50 bits per heavy atom. The van der Waals surface area contributed by atoms with Crippen LogP contribution in [0.1, 0.15) is 30.1 Å². The van der Waals surface area contributed by atoms with Gasteiger partial charge in [-0.2, -0.15) is 0 Å². The molecule has 2 N–H and O–H groups in total. The van der Waals surface area contributed by atoms with E-state index in [-0.39, 0.29) is 0 Å². The molecule has 1 aromatic rings. The van der Waals surface area contributed by atoms with E-state index in [4.69, 9.17) is 0 Å². The Bertz CT molecular complexity index is 316. The van der Waals surface area contributed by atoms with Crippen molar-refractivity contribution in [2.75, 3.05) is 18.9 Å². The smallest absolute Gasteiger partial charge is 0.125 e. The normalized spacial score (nSPS) is 21.1. The van der Waals surface area contributed by atoms with Crippen molar-refractivity contribution in [1.29, 1.82) is 0 Å². The van der Waals surface area contributed by atoms with Crippen LogP contribution >= 0.6 is 0 Å². The SMILES string of the molecule is CNc1ccc(C2CCCN2)c(C)n1. The average Bonchev–Trinajstić information content (AvgIpc) is 2.70. The van der Waals surface area contributed by atoms with Gasteiger partial charge in [0.05, 0.1) is 0 Å². The molecule has 3 heteroatoms. The van der Waals surface area contributed by atoms with Crippen LogP contribution in [0, 0.1) is 6.92 Å². The van der Waals surface area contributed by atoms with Crippen LogP contribution in [0.15, 0.2) is 12.1 Å². The maximum Gasteiger partial charge on any atom is 0.125 e. The number of rotatable bonds is 2. The molecule has 1 aliphatic rings. The molecule has 1 aromatic heterocycles. The third-order valence-electron chi connectivity index (χ3n) is 2.82. The van der Waals surface area contributed by atoms with Gasteiger partial charge in [-0.3, -0.25) is 0 Å². The van der Waals surface area contributed by atoms with Gasteiger partial charge in [0.1, 0.15) is 5.82 Å². The maximum atomic E-state index is 4.49. The van der Waals surface area contributed by atoms with Crippen molar-refractivity contribution in [1.82, 2.24) is 10.3 Å². The van der Waals surface area contributed by atoms with Crippen molar-refractivity contribution in [2.45, 2.75) is 25.8 Å². The highest BCUT2D eigenvalue weighted by molar-refractivity contribution is 5.39. The number of aryl methyl sites for hydroxylation is 1. The zero-order valence-electron chi connectivity index (χ0n) is 8.80. The van der Waals surface area contributed by atoms with Crippen LogP contribution in [-0.4, -0.2) is 18.6 Å². The second-order valence-corrected chi connectivity index (χ2v) is 3.77. The predicted octanol–water partition coefficient (Wildman–Crippen LogP) is 1.86. The first kappa shape index (κ1) is 9.46. The third-order valence-corrected chi connectivity index (χ3v) is 2.82. The van der Waals surface area contributed by atoms with Gasteiger partial charge in [-0.05, 0) is 37.9 Å². The molecule has 0 bridgehead atoms. The van der Waals surface area contributed by atoms with Crippen molar-refractivity contribution in [3.63, 3.8) is 0 Å². The van der Waals surface area contributed by atoms with Crippen LogP contribution in [-0.2, 0) is 0 Å². The first-order valence-electron chi connectivity index (χ1n) is 5.20. The third kappa shape index (κ3) is 1.73. The first-order valence-corrected chi connectivity index (χ1v) is 5.20. The van der Waals surface area contributed by atoms with Gasteiger partial charge in [0.25, 0.3) is 0 Å². The molecule has 0 aliphatic carbocycles. The van der Waals surface area contributed by atoms with E-state index in [9.17, 15) is 0 Å². The number of nitrogens with one attached hydrogen (secondary N) is 2. The fraction of sp³-hybridized carbons (Fsp3) is 0.545. The first-order chi connectivity index (χ1) is 6.81. The molecule has 14 heavy (non-hydrogen) atoms. The molecule has 0 aromatic carbocycles. The number of hydrogen-bond donors (Lipinski definition) is 2. The summed E-state index contributed by atoms with van der Waals surface area (Å²) in [7, 11) is 1.90. The summed E-state index contributed by atoms with van der Waals surface area (Å²) in [5.74, 6) is 0.948. The molecule has 0 spiro atoms. The van der Waals surface area contributed by atoms with Crippen LogP contribution in [0.5, 0.6) is 0 Å². The van der Waals surface area contributed by atoms with Crippen LogP contribution in [0.4, 0.5) is 5.82 Å². The lowest BCUT2D eigenvalue weighted by Crippen LogP contribution is -2.14. The van der Waals surface area contributed by atoms with Crippen molar-refractivity contribution in [3.8, 4) is 0 Å². The monoisotopic (exact) mass is 191 g/mol. The van der Waals surface area contributed by atoms with E-state index in [1.54, 1.807) is 0 Å². The van der Waals surface area contributed by atoms with Crippen molar-refractivity contribution in [3.05, 3.63) is 23.4 Å². The van der Waals surface area contributed by atoms with Crippen LogP contribution in [0.25, 0.3) is 0 Å². The molecular weight excluding hydrogens is 174 g/mol. The molecule has 3 nitrogen and oxygen atoms in total. The summed E-state index contributed by atoms with van der Waals surface area (Å²) >= 11 is 0. The molecule has 76 valence electrons. The fourth-order valence-corrected chi connectivity index (χ4v) is 2.03. The summed E-state index contributed by atoms with van der Waals surface area (Å²) in [6, 6.07) is 4.74. The zero-order chi connectivity index (χ0) is 9.97. The van der Waals surface area contributed by atoms with Crippen LogP contribution in [0.3, 0.4) is 0 Å². The highest BCUT2D eigenvalue weighted by atomic mass is 15.0. The van der Waals surface area contributed by atoms with E-state index >= 15 is 0 Å². The Morgan fingerprint density at radius 2 is 2.36 bits per heavy atom. The summed E-state index contributed by atoms with van der Waals surface area (Å²) in [6.45, 7) is 3.22. The van der Waals surface area contributed by atoms with Gasteiger partial charge >= 0.3 is 0 Å². The molecule has 1 atom stereocenters. The topological polar surface area (TPSA) is 37.0 Å². The average molecular weight is 191 g/mol. The van der Waals surface area contributed by atoms with Gasteiger partial charge in [0.2, 0.25) is 0 Å². The largest absolute Gasteiger partial charge is 0.373 e. The summed E-state index contributed by atoms with van der Waals surface area (Å²) in [4.78, 5) is 4.49. The Hall–Kier alpha value is -1.09. The maximum absolute atomic E-state index is 4.49. The minimum absolute atomic E-state index is 0.522. The summed E-state index contributed by atoms with van der Waals surface area (Å²) in [5.41, 5.74) is 2.48. The zero-order valence-corrected chi connectivity index (χ0v) is 8.80.